The molecule has 0 aliphatic rings. The lowest BCUT2D eigenvalue weighted by Gasteiger charge is -2.07. The van der Waals surface area contributed by atoms with Crippen molar-refractivity contribution in [2.75, 3.05) is 0 Å². The van der Waals surface area contributed by atoms with Crippen molar-refractivity contribution in [1.29, 1.82) is 0 Å². The lowest BCUT2D eigenvalue weighted by atomic mass is 10.0. The zero-order valence-electron chi connectivity index (χ0n) is 64.6. The predicted octanol–water partition coefficient (Wildman–Crippen LogP) is 25.3. The Hall–Kier alpha value is -14.8. The van der Waals surface area contributed by atoms with Crippen molar-refractivity contribution in [3.05, 3.63) is 441 Å². The third kappa shape index (κ3) is 22.2. The second-order valence-electron chi connectivity index (χ2n) is 27.1. The van der Waals surface area contributed by atoms with Crippen molar-refractivity contribution in [1.82, 2.24) is 54.8 Å². The molecule has 0 aliphatic heterocycles. The van der Waals surface area contributed by atoms with E-state index in [4.69, 9.17) is 19.9 Å². The Morgan fingerprint density at radius 3 is 0.798 bits per heavy atom. The second kappa shape index (κ2) is 39.5. The third-order valence-corrected chi connectivity index (χ3v) is 18.1. The van der Waals surface area contributed by atoms with Crippen LogP contribution in [0, 0.1) is 41.5 Å². The van der Waals surface area contributed by atoms with Gasteiger partial charge in [-0.3, -0.25) is 24.9 Å². The van der Waals surface area contributed by atoms with E-state index in [9.17, 15) is 0 Å². The lowest BCUT2D eigenvalue weighted by Crippen LogP contribution is -1.94. The average Bonchev–Trinajstić information content (AvgIpc) is 0.855. The van der Waals surface area contributed by atoms with Crippen molar-refractivity contribution in [2.24, 2.45) is 0 Å². The Labute approximate surface area is 668 Å². The molecule has 10 heterocycles. The van der Waals surface area contributed by atoms with Gasteiger partial charge in [0.05, 0.1) is 62.6 Å². The van der Waals surface area contributed by atoms with E-state index < -0.39 is 0 Å². The van der Waals surface area contributed by atoms with Crippen LogP contribution in [0.15, 0.2) is 407 Å². The Morgan fingerprint density at radius 2 is 0.447 bits per heavy atom. The predicted molar refractivity (Wildman–Crippen MR) is 468 cm³/mol. The summed E-state index contributed by atoms with van der Waals surface area (Å²) in [7, 11) is 0. The highest BCUT2D eigenvalue weighted by Crippen LogP contribution is 2.31. The van der Waals surface area contributed by atoms with Crippen molar-refractivity contribution in [2.45, 2.75) is 41.5 Å². The maximum Gasteiger partial charge on any atom is 0.160 e. The molecule has 114 heavy (non-hydrogen) atoms. The molecular formula is C103H85N11. The number of nitrogens with zero attached hydrogens (tertiary/aromatic N) is 11. The maximum atomic E-state index is 4.77. The summed E-state index contributed by atoms with van der Waals surface area (Å²) >= 11 is 0. The van der Waals surface area contributed by atoms with Gasteiger partial charge in [0.2, 0.25) is 0 Å². The summed E-state index contributed by atoms with van der Waals surface area (Å²) in [6.07, 6.45) is 12.6. The minimum absolute atomic E-state index is 0.777. The minimum atomic E-state index is 0.777. The van der Waals surface area contributed by atoms with E-state index in [1.165, 1.54) is 33.4 Å². The zero-order chi connectivity index (χ0) is 78.5. The lowest BCUT2D eigenvalue weighted by molar-refractivity contribution is 1.11. The molecular weight excluding hydrogens is 1390 g/mol. The molecule has 18 aromatic rings. The van der Waals surface area contributed by atoms with Crippen molar-refractivity contribution < 1.29 is 0 Å². The van der Waals surface area contributed by atoms with E-state index in [1.807, 2.05) is 226 Å². The molecule has 11 nitrogen and oxygen atoms in total. The van der Waals surface area contributed by atoms with Crippen LogP contribution in [0.2, 0.25) is 0 Å². The quantitative estimate of drug-likeness (QED) is 0.115. The van der Waals surface area contributed by atoms with Gasteiger partial charge in [-0.1, -0.05) is 249 Å². The molecule has 0 saturated heterocycles. The summed E-state index contributed by atoms with van der Waals surface area (Å²) in [5, 5.41) is 0. The highest BCUT2D eigenvalue weighted by atomic mass is 14.9. The van der Waals surface area contributed by atoms with Gasteiger partial charge in [-0.15, -0.1) is 0 Å². The van der Waals surface area contributed by atoms with Crippen molar-refractivity contribution in [3.8, 4) is 135 Å². The molecule has 0 bridgehead atoms. The summed E-state index contributed by atoms with van der Waals surface area (Å²) in [6.45, 7) is 12.4. The standard InChI is InChI=1S/C18H15N.5C17H14N2/c1-14-12-17(15-8-4-2-5-9-15)19-18(13-14)16-10-6-3-7-11-16;1-13-12-16(14-8-4-2-5-9-14)19-17(18-13)15-10-6-3-7-11-15;1-13-11-16(14-7-3-2-4-8-14)19-17(12-13)15-9-5-6-10-18-15;1-13-10-16(14-6-3-2-4-7-14)19-17(11-13)15-8-5-9-18-12-15;1-13-11-16(14-5-3-2-4-6-14)12-17(19-13)15-7-9-18-10-8-15;1-13-11-16(14-5-3-2-4-6-14)19-17(12-13)15-7-9-18-10-8-15/h2-13H,1H3;5*2-12H,1H3. The summed E-state index contributed by atoms with van der Waals surface area (Å²) < 4.78 is 0. The van der Waals surface area contributed by atoms with E-state index >= 15 is 0 Å². The largest absolute Gasteiger partial charge is 0.265 e. The van der Waals surface area contributed by atoms with Crippen LogP contribution in [-0.2, 0) is 0 Å². The topological polar surface area (TPSA) is 142 Å². The van der Waals surface area contributed by atoms with Gasteiger partial charge in [0.1, 0.15) is 0 Å². The molecule has 0 aliphatic carbocycles. The third-order valence-electron chi connectivity index (χ3n) is 18.1. The van der Waals surface area contributed by atoms with Crippen LogP contribution in [0.4, 0.5) is 0 Å². The summed E-state index contributed by atoms with van der Waals surface area (Å²) in [5.41, 5.74) is 31.1. The van der Waals surface area contributed by atoms with E-state index in [-0.39, 0.29) is 0 Å². The minimum Gasteiger partial charge on any atom is -0.265 e. The van der Waals surface area contributed by atoms with Crippen LogP contribution in [0.1, 0.15) is 33.6 Å². The van der Waals surface area contributed by atoms with Crippen LogP contribution in [-0.4, -0.2) is 54.8 Å². The molecule has 552 valence electrons. The Balaban J connectivity index is 0.000000119. The first-order chi connectivity index (χ1) is 56.0. The normalized spacial score (nSPS) is 10.4. The molecule has 8 aromatic carbocycles. The molecule has 0 spiro atoms. The van der Waals surface area contributed by atoms with Crippen LogP contribution >= 0.6 is 0 Å². The van der Waals surface area contributed by atoms with Gasteiger partial charge in [0.25, 0.3) is 0 Å². The first-order valence-electron chi connectivity index (χ1n) is 37.8. The molecule has 18 rings (SSSR count). The Kier molecular flexibility index (Phi) is 26.8. The fourth-order valence-electron chi connectivity index (χ4n) is 12.6. The van der Waals surface area contributed by atoms with Gasteiger partial charge < -0.3 is 0 Å². The number of benzene rings is 8. The van der Waals surface area contributed by atoms with Gasteiger partial charge in [0, 0.05) is 110 Å². The van der Waals surface area contributed by atoms with Crippen LogP contribution in [0.25, 0.3) is 135 Å². The number of hydrogen-bond acceptors (Lipinski definition) is 11. The van der Waals surface area contributed by atoms with E-state index in [0.29, 0.717) is 0 Å². The number of hydrogen-bond donors (Lipinski definition) is 0. The fourth-order valence-corrected chi connectivity index (χ4v) is 12.6. The van der Waals surface area contributed by atoms with Crippen molar-refractivity contribution >= 4 is 0 Å². The monoisotopic (exact) mass is 1480 g/mol. The fraction of sp³-hybridized carbons (Fsp3) is 0.0583. The zero-order valence-corrected chi connectivity index (χ0v) is 64.6. The average molecular weight is 1480 g/mol. The van der Waals surface area contributed by atoms with Crippen LogP contribution in [0.3, 0.4) is 0 Å². The highest BCUT2D eigenvalue weighted by molar-refractivity contribution is 5.74. The number of pyridine rings is 9. The molecule has 11 heteroatoms. The van der Waals surface area contributed by atoms with Gasteiger partial charge in [-0.05, 0) is 190 Å². The van der Waals surface area contributed by atoms with Crippen molar-refractivity contribution in [3.63, 3.8) is 0 Å². The van der Waals surface area contributed by atoms with E-state index in [0.717, 1.165) is 135 Å². The Bertz CT molecular complexity index is 4670. The Morgan fingerprint density at radius 1 is 0.158 bits per heavy atom. The first-order valence-corrected chi connectivity index (χ1v) is 37.8. The van der Waals surface area contributed by atoms with Crippen LogP contribution < -0.4 is 0 Å². The first kappa shape index (κ1) is 77.4. The molecule has 0 saturated carbocycles. The molecule has 0 atom stereocenters. The molecule has 0 fully saturated rings. The van der Waals surface area contributed by atoms with E-state index in [1.54, 1.807) is 37.2 Å². The van der Waals surface area contributed by atoms with Gasteiger partial charge in [-0.2, -0.15) is 0 Å². The molecule has 10 aromatic heterocycles. The number of aryl methyl sites for hydroxylation is 6. The van der Waals surface area contributed by atoms with Gasteiger partial charge in [-0.25, -0.2) is 29.9 Å². The summed E-state index contributed by atoms with van der Waals surface area (Å²) in [4.78, 5) is 49.4. The number of aromatic nitrogens is 11. The van der Waals surface area contributed by atoms with Gasteiger partial charge >= 0.3 is 0 Å². The van der Waals surface area contributed by atoms with E-state index in [2.05, 4.69) is 220 Å². The summed E-state index contributed by atoms with van der Waals surface area (Å²) in [6, 6.07) is 123. The van der Waals surface area contributed by atoms with Gasteiger partial charge in [0.15, 0.2) is 5.82 Å². The molecule has 0 amide bonds. The smallest absolute Gasteiger partial charge is 0.160 e. The number of rotatable bonds is 12. The summed E-state index contributed by atoms with van der Waals surface area (Å²) in [5.74, 6) is 0.777. The molecule has 0 radical (unpaired) electrons. The van der Waals surface area contributed by atoms with Crippen LogP contribution in [0.5, 0.6) is 0 Å². The second-order valence-corrected chi connectivity index (χ2v) is 27.1. The SMILES string of the molecule is Cc1cc(-c2ccccc2)cc(-c2ccncc2)n1.Cc1cc(-c2ccccc2)nc(-c2ccccc2)c1.Cc1cc(-c2ccccc2)nc(-c2ccccc2)n1.Cc1cc(-c2ccccc2)nc(-c2ccccn2)c1.Cc1cc(-c2ccccc2)nc(-c2cccnc2)c1.Cc1cc(-c2ccccc2)nc(-c2ccncc2)c1. The molecule has 0 N–H and O–H groups in total. The maximum absolute atomic E-state index is 4.77. The molecule has 0 unspecified atom stereocenters. The highest BCUT2D eigenvalue weighted by Gasteiger charge is 2.12.